The second-order valence-electron chi connectivity index (χ2n) is 4.91. The maximum atomic E-state index is 11.7. The van der Waals surface area contributed by atoms with Gasteiger partial charge in [-0.25, -0.2) is 5.84 Å². The molecule has 0 bridgehead atoms. The van der Waals surface area contributed by atoms with Gasteiger partial charge in [-0.2, -0.15) is 0 Å². The quantitative estimate of drug-likeness (QED) is 0.469. The van der Waals surface area contributed by atoms with Crippen molar-refractivity contribution in [3.05, 3.63) is 23.5 Å². The van der Waals surface area contributed by atoms with Gasteiger partial charge in [-0.05, 0) is 37.8 Å². The highest BCUT2D eigenvalue weighted by Gasteiger charge is 2.17. The average molecular weight is 237 g/mol. The van der Waals surface area contributed by atoms with E-state index in [9.17, 15) is 4.79 Å². The van der Waals surface area contributed by atoms with Gasteiger partial charge in [-0.15, -0.1) is 0 Å². The zero-order chi connectivity index (χ0) is 13.0. The fraction of sp³-hybridized carbons (Fsp3) is 0.615. The van der Waals surface area contributed by atoms with Gasteiger partial charge in [0.25, 0.3) is 5.91 Å². The molecular formula is C13H23N3O. The Bertz CT molecular complexity index is 382. The summed E-state index contributed by atoms with van der Waals surface area (Å²) in [7, 11) is 0. The molecule has 4 nitrogen and oxygen atoms in total. The normalized spacial score (nSPS) is 12.8. The summed E-state index contributed by atoms with van der Waals surface area (Å²) < 4.78 is 2.10. The summed E-state index contributed by atoms with van der Waals surface area (Å²) in [5, 5.41) is 0. The lowest BCUT2D eigenvalue weighted by Gasteiger charge is -2.19. The molecule has 1 amide bonds. The fourth-order valence-corrected chi connectivity index (χ4v) is 2.04. The van der Waals surface area contributed by atoms with E-state index < -0.39 is 0 Å². The highest BCUT2D eigenvalue weighted by Crippen LogP contribution is 2.21. The molecule has 4 heteroatoms. The maximum absolute atomic E-state index is 11.7. The van der Waals surface area contributed by atoms with Crippen LogP contribution in [0.3, 0.4) is 0 Å². The van der Waals surface area contributed by atoms with Crippen LogP contribution in [0, 0.1) is 5.92 Å². The fourth-order valence-electron chi connectivity index (χ4n) is 2.04. The van der Waals surface area contributed by atoms with Gasteiger partial charge in [-0.1, -0.05) is 20.8 Å². The van der Waals surface area contributed by atoms with E-state index in [-0.39, 0.29) is 5.91 Å². The van der Waals surface area contributed by atoms with Crippen molar-refractivity contribution in [1.82, 2.24) is 9.99 Å². The van der Waals surface area contributed by atoms with Crippen LogP contribution in [0.4, 0.5) is 0 Å². The zero-order valence-electron chi connectivity index (χ0n) is 11.2. The Morgan fingerprint density at radius 3 is 2.53 bits per heavy atom. The van der Waals surface area contributed by atoms with Gasteiger partial charge in [0, 0.05) is 11.7 Å². The van der Waals surface area contributed by atoms with Crippen LogP contribution in [0.1, 0.15) is 56.3 Å². The average Bonchev–Trinajstić information content (AvgIpc) is 2.69. The molecule has 0 aromatic carbocycles. The minimum absolute atomic E-state index is 0.222. The molecule has 0 aliphatic carbocycles. The predicted molar refractivity (Wildman–Crippen MR) is 69.6 cm³/mol. The Hall–Kier alpha value is -1.29. The minimum atomic E-state index is -0.222. The Balaban J connectivity index is 3.14. The number of nitrogens with one attached hydrogen (secondary N) is 1. The number of hydrogen-bond acceptors (Lipinski definition) is 2. The molecule has 96 valence electrons. The van der Waals surface area contributed by atoms with Gasteiger partial charge in [0.2, 0.25) is 0 Å². The highest BCUT2D eigenvalue weighted by atomic mass is 16.2. The van der Waals surface area contributed by atoms with E-state index in [1.165, 1.54) is 5.69 Å². The van der Waals surface area contributed by atoms with E-state index >= 15 is 0 Å². The summed E-state index contributed by atoms with van der Waals surface area (Å²) in [6.45, 7) is 8.60. The molecule has 17 heavy (non-hydrogen) atoms. The molecular weight excluding hydrogens is 214 g/mol. The number of carbonyl (C=O) groups is 1. The van der Waals surface area contributed by atoms with Gasteiger partial charge in [0.1, 0.15) is 5.69 Å². The third kappa shape index (κ3) is 3.09. The van der Waals surface area contributed by atoms with Gasteiger partial charge >= 0.3 is 0 Å². The largest absolute Gasteiger partial charge is 0.338 e. The topological polar surface area (TPSA) is 60.0 Å². The summed E-state index contributed by atoms with van der Waals surface area (Å²) >= 11 is 0. The van der Waals surface area contributed by atoms with Crippen LogP contribution in [0.15, 0.2) is 12.1 Å². The first-order valence-electron chi connectivity index (χ1n) is 6.22. The maximum Gasteiger partial charge on any atom is 0.281 e. The minimum Gasteiger partial charge on any atom is -0.338 e. The van der Waals surface area contributed by atoms with Gasteiger partial charge in [-0.3, -0.25) is 10.2 Å². The summed E-state index contributed by atoms with van der Waals surface area (Å²) in [6.07, 6.45) is 1.97. The van der Waals surface area contributed by atoms with Crippen LogP contribution in [-0.2, 0) is 6.42 Å². The third-order valence-corrected chi connectivity index (χ3v) is 3.02. The third-order valence-electron chi connectivity index (χ3n) is 3.02. The lowest BCUT2D eigenvalue weighted by molar-refractivity contribution is 0.0942. The van der Waals surface area contributed by atoms with Crippen molar-refractivity contribution in [1.29, 1.82) is 0 Å². The molecule has 3 N–H and O–H groups in total. The molecule has 1 aromatic heterocycles. The van der Waals surface area contributed by atoms with Crippen molar-refractivity contribution in [3.8, 4) is 0 Å². The van der Waals surface area contributed by atoms with E-state index in [1.807, 2.05) is 12.1 Å². The van der Waals surface area contributed by atoms with Gasteiger partial charge in [0.15, 0.2) is 0 Å². The number of rotatable bonds is 5. The smallest absolute Gasteiger partial charge is 0.281 e. The van der Waals surface area contributed by atoms with E-state index in [4.69, 9.17) is 5.84 Å². The summed E-state index contributed by atoms with van der Waals surface area (Å²) in [5.74, 6) is 5.56. The monoisotopic (exact) mass is 237 g/mol. The number of hydrogen-bond donors (Lipinski definition) is 2. The summed E-state index contributed by atoms with van der Waals surface area (Å²) in [6, 6.07) is 4.19. The number of amides is 1. The van der Waals surface area contributed by atoms with Crippen LogP contribution >= 0.6 is 0 Å². The van der Waals surface area contributed by atoms with Crippen LogP contribution in [-0.4, -0.2) is 10.5 Å². The van der Waals surface area contributed by atoms with Crippen molar-refractivity contribution < 1.29 is 4.79 Å². The van der Waals surface area contributed by atoms with Crippen molar-refractivity contribution >= 4 is 5.91 Å². The SMILES string of the molecule is CC[C@@H](C)n1c(CC(C)C)ccc1C(=O)NN. The van der Waals surface area contributed by atoms with Crippen molar-refractivity contribution in [2.24, 2.45) is 11.8 Å². The molecule has 1 heterocycles. The Labute approximate surface area is 103 Å². The Kier molecular flexibility index (Phi) is 4.75. The van der Waals surface area contributed by atoms with Crippen molar-refractivity contribution in [2.45, 2.75) is 46.6 Å². The number of carbonyl (C=O) groups excluding carboxylic acids is 1. The number of nitrogens with zero attached hydrogens (tertiary/aromatic N) is 1. The van der Waals surface area contributed by atoms with Crippen LogP contribution < -0.4 is 11.3 Å². The molecule has 0 saturated carbocycles. The second-order valence-corrected chi connectivity index (χ2v) is 4.91. The lowest BCUT2D eigenvalue weighted by atomic mass is 10.1. The van der Waals surface area contributed by atoms with Crippen LogP contribution in [0.25, 0.3) is 0 Å². The van der Waals surface area contributed by atoms with E-state index in [0.717, 1.165) is 12.8 Å². The van der Waals surface area contributed by atoms with Gasteiger partial charge in [0.05, 0.1) is 0 Å². The molecule has 0 aliphatic rings. The standard InChI is InChI=1S/C13H23N3O/c1-5-10(4)16-11(8-9(2)3)6-7-12(16)13(17)15-14/h6-7,9-10H,5,8,14H2,1-4H3,(H,15,17)/t10-/m1/s1. The summed E-state index contributed by atoms with van der Waals surface area (Å²) in [4.78, 5) is 11.7. The Morgan fingerprint density at radius 1 is 1.41 bits per heavy atom. The summed E-state index contributed by atoms with van der Waals surface area (Å²) in [5.41, 5.74) is 4.06. The molecule has 0 unspecified atom stereocenters. The molecule has 0 radical (unpaired) electrons. The second kappa shape index (κ2) is 5.87. The molecule has 1 aromatic rings. The molecule has 0 saturated heterocycles. The van der Waals surface area contributed by atoms with Crippen LogP contribution in [0.2, 0.25) is 0 Å². The Morgan fingerprint density at radius 2 is 2.06 bits per heavy atom. The molecule has 0 fully saturated rings. The van der Waals surface area contributed by atoms with Gasteiger partial charge < -0.3 is 4.57 Å². The molecule has 0 spiro atoms. The highest BCUT2D eigenvalue weighted by molar-refractivity contribution is 5.92. The van der Waals surface area contributed by atoms with Crippen LogP contribution in [0.5, 0.6) is 0 Å². The van der Waals surface area contributed by atoms with Crippen molar-refractivity contribution in [3.63, 3.8) is 0 Å². The van der Waals surface area contributed by atoms with E-state index in [2.05, 4.69) is 37.7 Å². The predicted octanol–water partition coefficient (Wildman–Crippen LogP) is 2.26. The molecule has 1 atom stereocenters. The van der Waals surface area contributed by atoms with Crippen molar-refractivity contribution in [2.75, 3.05) is 0 Å². The molecule has 0 aliphatic heterocycles. The van der Waals surface area contributed by atoms with E-state index in [1.54, 1.807) is 0 Å². The number of nitrogen functional groups attached to an aromatic ring is 1. The first kappa shape index (κ1) is 13.8. The van der Waals surface area contributed by atoms with E-state index in [0.29, 0.717) is 17.7 Å². The lowest BCUT2D eigenvalue weighted by Crippen LogP contribution is -2.32. The first-order valence-corrected chi connectivity index (χ1v) is 6.22. The zero-order valence-corrected chi connectivity index (χ0v) is 11.2. The molecule has 1 rings (SSSR count). The number of nitrogens with two attached hydrogens (primary N) is 1. The number of aromatic nitrogens is 1. The first-order chi connectivity index (χ1) is 8.01. The number of hydrazine groups is 1.